The van der Waals surface area contributed by atoms with Gasteiger partial charge in [0.2, 0.25) is 0 Å². The van der Waals surface area contributed by atoms with Crippen LogP contribution in [0.4, 0.5) is 10.1 Å². The number of carbonyl (C=O) groups is 1. The predicted octanol–water partition coefficient (Wildman–Crippen LogP) is 4.33. The van der Waals surface area contributed by atoms with E-state index < -0.39 is 15.8 Å². The van der Waals surface area contributed by atoms with Gasteiger partial charge in [0.15, 0.2) is 0 Å². The molecule has 5 nitrogen and oxygen atoms in total. The molecule has 0 bridgehead atoms. The topological polar surface area (TPSA) is 75.3 Å². The maximum Gasteiger partial charge on any atom is 0.261 e. The van der Waals surface area contributed by atoms with E-state index >= 15 is 0 Å². The minimum Gasteiger partial charge on any atom is -0.350 e. The quantitative estimate of drug-likeness (QED) is 0.624. The van der Waals surface area contributed by atoms with Crippen LogP contribution in [0.25, 0.3) is 0 Å². The number of para-hydroxylation sites is 1. The third-order valence-corrected chi connectivity index (χ3v) is 5.54. The van der Waals surface area contributed by atoms with Gasteiger partial charge in [-0.3, -0.25) is 9.52 Å². The largest absolute Gasteiger partial charge is 0.350 e. The Hall–Kier alpha value is -2.41. The highest BCUT2D eigenvalue weighted by atomic mass is 32.2. The van der Waals surface area contributed by atoms with E-state index in [9.17, 15) is 17.6 Å². The summed E-state index contributed by atoms with van der Waals surface area (Å²) >= 11 is 0. The lowest BCUT2D eigenvalue weighted by molar-refractivity contribution is 0.0938. The van der Waals surface area contributed by atoms with Crippen molar-refractivity contribution in [1.29, 1.82) is 0 Å². The number of carbonyl (C=O) groups excluding carboxylic acids is 1. The Morgan fingerprint density at radius 1 is 1.07 bits per heavy atom. The maximum absolute atomic E-state index is 13.7. The summed E-state index contributed by atoms with van der Waals surface area (Å²) < 4.78 is 40.6. The number of rotatable bonds is 9. The molecule has 2 rings (SSSR count). The summed E-state index contributed by atoms with van der Waals surface area (Å²) in [6, 6.07) is 11.1. The van der Waals surface area contributed by atoms with Gasteiger partial charge in [-0.25, -0.2) is 12.8 Å². The Balaban J connectivity index is 2.03. The first-order valence-corrected chi connectivity index (χ1v) is 10.5. The SMILES string of the molecule is CCCCCC(C)NC(=O)c1ccc(S(=O)(=O)Nc2ccccc2F)cc1. The minimum atomic E-state index is -3.94. The number of sulfonamides is 1. The molecule has 1 atom stereocenters. The summed E-state index contributed by atoms with van der Waals surface area (Å²) in [5.41, 5.74) is 0.252. The van der Waals surface area contributed by atoms with E-state index in [1.165, 1.54) is 48.5 Å². The molecular formula is C20H25FN2O3S. The molecule has 7 heteroatoms. The summed E-state index contributed by atoms with van der Waals surface area (Å²) in [4.78, 5) is 12.2. The molecule has 0 saturated heterocycles. The fraction of sp³-hybridized carbons (Fsp3) is 0.350. The molecule has 0 spiro atoms. The Labute approximate surface area is 160 Å². The van der Waals surface area contributed by atoms with Crippen molar-refractivity contribution >= 4 is 21.6 Å². The van der Waals surface area contributed by atoms with E-state index in [1.54, 1.807) is 0 Å². The molecular weight excluding hydrogens is 367 g/mol. The van der Waals surface area contributed by atoms with Gasteiger partial charge in [-0.2, -0.15) is 0 Å². The highest BCUT2D eigenvalue weighted by Crippen LogP contribution is 2.19. The number of halogens is 1. The molecule has 0 aromatic heterocycles. The van der Waals surface area contributed by atoms with Crippen LogP contribution < -0.4 is 10.0 Å². The van der Waals surface area contributed by atoms with Crippen molar-refractivity contribution in [1.82, 2.24) is 5.32 Å². The van der Waals surface area contributed by atoms with E-state index in [0.717, 1.165) is 25.7 Å². The number of hydrogen-bond donors (Lipinski definition) is 2. The van der Waals surface area contributed by atoms with Crippen molar-refractivity contribution in [2.75, 3.05) is 4.72 Å². The number of anilines is 1. The number of amides is 1. The van der Waals surface area contributed by atoms with Gasteiger partial charge in [-0.05, 0) is 49.7 Å². The Kier molecular flexibility index (Phi) is 7.36. The molecule has 27 heavy (non-hydrogen) atoms. The molecule has 0 heterocycles. The highest BCUT2D eigenvalue weighted by molar-refractivity contribution is 7.92. The molecule has 0 fully saturated rings. The maximum atomic E-state index is 13.7. The van der Waals surface area contributed by atoms with Crippen LogP contribution >= 0.6 is 0 Å². The van der Waals surface area contributed by atoms with Crippen molar-refractivity contribution < 1.29 is 17.6 Å². The lowest BCUT2D eigenvalue weighted by Gasteiger charge is -2.14. The monoisotopic (exact) mass is 392 g/mol. The summed E-state index contributed by atoms with van der Waals surface area (Å²) in [5.74, 6) is -0.904. The van der Waals surface area contributed by atoms with E-state index in [2.05, 4.69) is 17.0 Å². The molecule has 2 aromatic carbocycles. The third-order valence-electron chi connectivity index (χ3n) is 4.16. The zero-order chi connectivity index (χ0) is 19.9. The highest BCUT2D eigenvalue weighted by Gasteiger charge is 2.17. The lowest BCUT2D eigenvalue weighted by atomic mass is 10.1. The van der Waals surface area contributed by atoms with Crippen LogP contribution in [0.3, 0.4) is 0 Å². The van der Waals surface area contributed by atoms with Crippen molar-refractivity contribution in [3.05, 3.63) is 59.9 Å². The first-order valence-electron chi connectivity index (χ1n) is 9.01. The summed E-state index contributed by atoms with van der Waals surface area (Å²) in [7, 11) is -3.94. The van der Waals surface area contributed by atoms with Gasteiger partial charge in [0.1, 0.15) is 5.82 Å². The van der Waals surface area contributed by atoms with Gasteiger partial charge in [0.25, 0.3) is 15.9 Å². The zero-order valence-corrected chi connectivity index (χ0v) is 16.4. The van der Waals surface area contributed by atoms with Crippen molar-refractivity contribution in [3.63, 3.8) is 0 Å². The number of nitrogens with one attached hydrogen (secondary N) is 2. The summed E-state index contributed by atoms with van der Waals surface area (Å²) in [6.07, 6.45) is 4.20. The molecule has 2 aromatic rings. The van der Waals surface area contributed by atoms with Crippen molar-refractivity contribution in [2.24, 2.45) is 0 Å². The number of unbranched alkanes of at least 4 members (excludes halogenated alkanes) is 2. The van der Waals surface area contributed by atoms with Crippen LogP contribution in [0.2, 0.25) is 0 Å². The van der Waals surface area contributed by atoms with Crippen LogP contribution in [0.1, 0.15) is 49.9 Å². The second-order valence-corrected chi connectivity index (χ2v) is 8.16. The van der Waals surface area contributed by atoms with Crippen LogP contribution in [0.15, 0.2) is 53.4 Å². The fourth-order valence-electron chi connectivity index (χ4n) is 2.61. The fourth-order valence-corrected chi connectivity index (χ4v) is 3.68. The van der Waals surface area contributed by atoms with Gasteiger partial charge < -0.3 is 5.32 Å². The second kappa shape index (κ2) is 9.50. The van der Waals surface area contributed by atoms with E-state index in [0.29, 0.717) is 5.56 Å². The Bertz CT molecular complexity index is 867. The van der Waals surface area contributed by atoms with Crippen molar-refractivity contribution in [2.45, 2.75) is 50.5 Å². The Morgan fingerprint density at radius 2 is 1.74 bits per heavy atom. The molecule has 0 aliphatic carbocycles. The first-order chi connectivity index (χ1) is 12.8. The third kappa shape index (κ3) is 6.06. The van der Waals surface area contributed by atoms with E-state index in [1.807, 2.05) is 6.92 Å². The molecule has 1 unspecified atom stereocenters. The molecule has 0 saturated carbocycles. The van der Waals surface area contributed by atoms with E-state index in [-0.39, 0.29) is 22.5 Å². The number of benzene rings is 2. The predicted molar refractivity (Wildman–Crippen MR) is 105 cm³/mol. The summed E-state index contributed by atoms with van der Waals surface area (Å²) in [6.45, 7) is 4.07. The normalized spacial score (nSPS) is 12.4. The van der Waals surface area contributed by atoms with Gasteiger partial charge >= 0.3 is 0 Å². The van der Waals surface area contributed by atoms with Gasteiger partial charge in [-0.1, -0.05) is 38.3 Å². The molecule has 0 radical (unpaired) electrons. The summed E-state index contributed by atoms with van der Waals surface area (Å²) in [5, 5.41) is 2.91. The standard InChI is InChI=1S/C20H25FN2O3S/c1-3-4-5-8-15(2)22-20(24)16-11-13-17(14-12-16)27(25,26)23-19-10-7-6-9-18(19)21/h6-7,9-15,23H,3-5,8H2,1-2H3,(H,22,24). The second-order valence-electron chi connectivity index (χ2n) is 6.48. The molecule has 1 amide bonds. The first kappa shape index (κ1) is 20.9. The van der Waals surface area contributed by atoms with Crippen LogP contribution in [-0.2, 0) is 10.0 Å². The van der Waals surface area contributed by atoms with Gasteiger partial charge in [-0.15, -0.1) is 0 Å². The minimum absolute atomic E-state index is 0.0432. The van der Waals surface area contributed by atoms with E-state index in [4.69, 9.17) is 0 Å². The average molecular weight is 392 g/mol. The van der Waals surface area contributed by atoms with Gasteiger partial charge in [0, 0.05) is 11.6 Å². The molecule has 0 aliphatic heterocycles. The molecule has 0 aliphatic rings. The van der Waals surface area contributed by atoms with Gasteiger partial charge in [0.05, 0.1) is 10.6 Å². The van der Waals surface area contributed by atoms with Crippen LogP contribution in [0, 0.1) is 5.82 Å². The smallest absolute Gasteiger partial charge is 0.261 e. The molecule has 146 valence electrons. The Morgan fingerprint density at radius 3 is 2.37 bits per heavy atom. The van der Waals surface area contributed by atoms with Crippen LogP contribution in [0.5, 0.6) is 0 Å². The average Bonchev–Trinajstić information content (AvgIpc) is 2.64. The lowest BCUT2D eigenvalue weighted by Crippen LogP contribution is -2.32. The van der Waals surface area contributed by atoms with Crippen molar-refractivity contribution in [3.8, 4) is 0 Å². The van der Waals surface area contributed by atoms with Crippen LogP contribution in [-0.4, -0.2) is 20.4 Å². The number of hydrogen-bond acceptors (Lipinski definition) is 3. The zero-order valence-electron chi connectivity index (χ0n) is 15.5. The molecule has 2 N–H and O–H groups in total.